The molecule has 0 atom stereocenters. The highest BCUT2D eigenvalue weighted by atomic mass is 16.5. The summed E-state index contributed by atoms with van der Waals surface area (Å²) in [5.41, 5.74) is 2.19. The highest BCUT2D eigenvalue weighted by molar-refractivity contribution is 6.07. The maximum absolute atomic E-state index is 12.3. The zero-order valence-electron chi connectivity index (χ0n) is 13.7. The van der Waals surface area contributed by atoms with Gasteiger partial charge in [-0.1, -0.05) is 22.9 Å². The van der Waals surface area contributed by atoms with Crippen LogP contribution >= 0.6 is 0 Å². The first kappa shape index (κ1) is 16.4. The predicted molar refractivity (Wildman–Crippen MR) is 92.6 cm³/mol. The number of anilines is 2. The lowest BCUT2D eigenvalue weighted by molar-refractivity contribution is 0.102. The first-order valence-electron chi connectivity index (χ1n) is 7.60. The molecule has 0 aliphatic rings. The third kappa shape index (κ3) is 4.08. The van der Waals surface area contributed by atoms with Crippen molar-refractivity contribution in [2.75, 3.05) is 10.6 Å². The number of aryl methyl sites for hydroxylation is 2. The van der Waals surface area contributed by atoms with Crippen LogP contribution in [0.3, 0.4) is 0 Å². The topological polar surface area (TPSA) is 97.1 Å². The van der Waals surface area contributed by atoms with Crippen LogP contribution in [0.2, 0.25) is 0 Å². The molecular formula is C18H16N4O3. The molecule has 0 aliphatic heterocycles. The van der Waals surface area contributed by atoms with E-state index in [2.05, 4.69) is 20.8 Å². The lowest BCUT2D eigenvalue weighted by atomic mass is 10.2. The van der Waals surface area contributed by atoms with E-state index in [0.29, 0.717) is 22.8 Å². The maximum Gasteiger partial charge on any atom is 0.274 e. The van der Waals surface area contributed by atoms with Crippen LogP contribution in [-0.4, -0.2) is 22.0 Å². The van der Waals surface area contributed by atoms with E-state index < -0.39 is 11.8 Å². The van der Waals surface area contributed by atoms with Crippen LogP contribution in [0, 0.1) is 13.8 Å². The van der Waals surface area contributed by atoms with E-state index in [1.165, 1.54) is 18.3 Å². The van der Waals surface area contributed by atoms with Crippen LogP contribution < -0.4 is 10.6 Å². The predicted octanol–water partition coefficient (Wildman–Crippen LogP) is 3.19. The van der Waals surface area contributed by atoms with Gasteiger partial charge in [-0.25, -0.2) is 0 Å². The Balaban J connectivity index is 1.72. The number of hydrogen-bond donors (Lipinski definition) is 2. The van der Waals surface area contributed by atoms with Crippen molar-refractivity contribution in [1.82, 2.24) is 10.1 Å². The summed E-state index contributed by atoms with van der Waals surface area (Å²) >= 11 is 0. The number of amides is 2. The molecule has 0 radical (unpaired) electrons. The molecule has 0 bridgehead atoms. The van der Waals surface area contributed by atoms with E-state index >= 15 is 0 Å². The van der Waals surface area contributed by atoms with Crippen LogP contribution in [0.25, 0.3) is 0 Å². The molecule has 3 rings (SSSR count). The summed E-state index contributed by atoms with van der Waals surface area (Å²) < 4.78 is 4.90. The Bertz CT molecular complexity index is 916. The SMILES string of the molecule is Cc1ccc(NC(=O)c2cc(C(=O)Nc3cc(C)on3)ccn2)cc1. The number of rotatable bonds is 4. The van der Waals surface area contributed by atoms with E-state index in [1.807, 2.05) is 19.1 Å². The Morgan fingerprint density at radius 3 is 2.40 bits per heavy atom. The van der Waals surface area contributed by atoms with Crippen molar-refractivity contribution in [2.24, 2.45) is 0 Å². The van der Waals surface area contributed by atoms with Gasteiger partial charge in [0, 0.05) is 23.5 Å². The smallest absolute Gasteiger partial charge is 0.274 e. The van der Waals surface area contributed by atoms with Crippen LogP contribution in [-0.2, 0) is 0 Å². The number of nitrogens with one attached hydrogen (secondary N) is 2. The van der Waals surface area contributed by atoms with Crippen molar-refractivity contribution in [2.45, 2.75) is 13.8 Å². The van der Waals surface area contributed by atoms with Gasteiger partial charge in [0.1, 0.15) is 11.5 Å². The third-order valence-electron chi connectivity index (χ3n) is 3.43. The minimum absolute atomic E-state index is 0.143. The fourth-order valence-electron chi connectivity index (χ4n) is 2.14. The average molecular weight is 336 g/mol. The Morgan fingerprint density at radius 2 is 1.72 bits per heavy atom. The highest BCUT2D eigenvalue weighted by Gasteiger charge is 2.13. The standard InChI is InChI=1S/C18H16N4O3/c1-11-3-5-14(6-4-11)20-18(24)15-10-13(7-8-19-15)17(23)21-16-9-12(2)25-22-16/h3-10H,1-2H3,(H,20,24)(H,21,22,23). The monoisotopic (exact) mass is 336 g/mol. The number of pyridine rings is 1. The molecule has 3 aromatic rings. The molecule has 25 heavy (non-hydrogen) atoms. The largest absolute Gasteiger partial charge is 0.360 e. The number of carbonyl (C=O) groups is 2. The van der Waals surface area contributed by atoms with Crippen molar-refractivity contribution in [3.8, 4) is 0 Å². The molecule has 1 aromatic carbocycles. The van der Waals surface area contributed by atoms with Crippen molar-refractivity contribution in [3.05, 3.63) is 71.2 Å². The summed E-state index contributed by atoms with van der Waals surface area (Å²) in [4.78, 5) is 28.6. The first-order chi connectivity index (χ1) is 12.0. The Kier molecular flexibility index (Phi) is 4.56. The molecule has 0 saturated heterocycles. The van der Waals surface area contributed by atoms with Gasteiger partial charge in [0.2, 0.25) is 0 Å². The summed E-state index contributed by atoms with van der Waals surface area (Å²) in [6.07, 6.45) is 1.41. The summed E-state index contributed by atoms with van der Waals surface area (Å²) in [7, 11) is 0. The van der Waals surface area contributed by atoms with Crippen molar-refractivity contribution < 1.29 is 14.1 Å². The number of benzene rings is 1. The lowest BCUT2D eigenvalue weighted by Gasteiger charge is -2.06. The second-order valence-corrected chi connectivity index (χ2v) is 5.53. The molecule has 0 saturated carbocycles. The number of aromatic nitrogens is 2. The van der Waals surface area contributed by atoms with Gasteiger partial charge < -0.3 is 15.2 Å². The Hall–Kier alpha value is -3.48. The van der Waals surface area contributed by atoms with Crippen LogP contribution in [0.4, 0.5) is 11.5 Å². The van der Waals surface area contributed by atoms with Gasteiger partial charge in [0.15, 0.2) is 5.82 Å². The molecule has 126 valence electrons. The van der Waals surface area contributed by atoms with Gasteiger partial charge in [0.05, 0.1) is 0 Å². The van der Waals surface area contributed by atoms with E-state index in [1.54, 1.807) is 25.1 Å². The van der Waals surface area contributed by atoms with Crippen LogP contribution in [0.15, 0.2) is 53.2 Å². The zero-order valence-corrected chi connectivity index (χ0v) is 13.7. The zero-order chi connectivity index (χ0) is 17.8. The van der Waals surface area contributed by atoms with Gasteiger partial charge in [0.25, 0.3) is 11.8 Å². The van der Waals surface area contributed by atoms with Gasteiger partial charge in [-0.05, 0) is 38.1 Å². The number of nitrogens with zero attached hydrogens (tertiary/aromatic N) is 2. The molecule has 2 amide bonds. The molecular weight excluding hydrogens is 320 g/mol. The Labute approximate surface area is 144 Å². The molecule has 7 nitrogen and oxygen atoms in total. The summed E-state index contributed by atoms with van der Waals surface area (Å²) in [5.74, 6) is 0.101. The first-order valence-corrected chi connectivity index (χ1v) is 7.60. The highest BCUT2D eigenvalue weighted by Crippen LogP contribution is 2.12. The molecule has 7 heteroatoms. The summed E-state index contributed by atoms with van der Waals surface area (Å²) in [6.45, 7) is 3.69. The van der Waals surface area contributed by atoms with Crippen LogP contribution in [0.5, 0.6) is 0 Å². The van der Waals surface area contributed by atoms with Gasteiger partial charge in [-0.2, -0.15) is 0 Å². The number of carbonyl (C=O) groups excluding carboxylic acids is 2. The van der Waals surface area contributed by atoms with Gasteiger partial charge >= 0.3 is 0 Å². The third-order valence-corrected chi connectivity index (χ3v) is 3.43. The molecule has 2 aromatic heterocycles. The summed E-state index contributed by atoms with van der Waals surface area (Å²) in [5, 5.41) is 9.04. The fourth-order valence-corrected chi connectivity index (χ4v) is 2.14. The maximum atomic E-state index is 12.3. The van der Waals surface area contributed by atoms with Gasteiger partial charge in [-0.15, -0.1) is 0 Å². The van der Waals surface area contributed by atoms with Crippen molar-refractivity contribution in [3.63, 3.8) is 0 Å². The summed E-state index contributed by atoms with van der Waals surface area (Å²) in [6, 6.07) is 11.9. The fraction of sp³-hybridized carbons (Fsp3) is 0.111. The molecule has 2 N–H and O–H groups in total. The minimum Gasteiger partial charge on any atom is -0.360 e. The Morgan fingerprint density at radius 1 is 0.960 bits per heavy atom. The second kappa shape index (κ2) is 6.96. The van der Waals surface area contributed by atoms with E-state index in [4.69, 9.17) is 4.52 Å². The van der Waals surface area contributed by atoms with Crippen molar-refractivity contribution in [1.29, 1.82) is 0 Å². The quantitative estimate of drug-likeness (QED) is 0.762. The number of hydrogen-bond acceptors (Lipinski definition) is 5. The molecule has 2 heterocycles. The second-order valence-electron chi connectivity index (χ2n) is 5.53. The molecule has 0 fully saturated rings. The van der Waals surface area contributed by atoms with E-state index in [9.17, 15) is 9.59 Å². The van der Waals surface area contributed by atoms with Crippen molar-refractivity contribution >= 4 is 23.3 Å². The molecule has 0 unspecified atom stereocenters. The molecule has 0 aliphatic carbocycles. The minimum atomic E-state index is -0.403. The molecule has 0 spiro atoms. The lowest BCUT2D eigenvalue weighted by Crippen LogP contribution is -2.17. The van der Waals surface area contributed by atoms with E-state index in [-0.39, 0.29) is 5.69 Å². The normalized spacial score (nSPS) is 10.3. The van der Waals surface area contributed by atoms with Gasteiger partial charge in [-0.3, -0.25) is 14.6 Å². The average Bonchev–Trinajstić information content (AvgIpc) is 3.02. The van der Waals surface area contributed by atoms with Crippen LogP contribution in [0.1, 0.15) is 32.2 Å². The van der Waals surface area contributed by atoms with E-state index in [0.717, 1.165) is 5.56 Å².